The number of methoxy groups -OCH3 is 1. The van der Waals surface area contributed by atoms with Crippen LogP contribution in [0.5, 0.6) is 0 Å². The van der Waals surface area contributed by atoms with Gasteiger partial charge in [0, 0.05) is 7.11 Å². The van der Waals surface area contributed by atoms with Crippen LogP contribution in [0.15, 0.2) is 67.0 Å². The molecule has 1 saturated heterocycles. The number of nitrogens with one attached hydrogen (secondary N) is 2. The van der Waals surface area contributed by atoms with Crippen LogP contribution >= 0.6 is 0 Å². The fourth-order valence-corrected chi connectivity index (χ4v) is 10.3. The summed E-state index contributed by atoms with van der Waals surface area (Å²) in [6.45, 7) is 8.89. The second-order valence-electron chi connectivity index (χ2n) is 11.0. The van der Waals surface area contributed by atoms with Gasteiger partial charge in [0.05, 0.1) is 25.1 Å². The van der Waals surface area contributed by atoms with E-state index in [0.717, 1.165) is 0 Å². The molecule has 1 amide bonds. The molecule has 3 aromatic rings. The Kier molecular flexibility index (Phi) is 7.18. The van der Waals surface area contributed by atoms with Gasteiger partial charge in [0.15, 0.2) is 11.9 Å². The fourth-order valence-electron chi connectivity index (χ4n) is 5.73. The lowest BCUT2D eigenvalue weighted by Gasteiger charge is -2.43. The number of carbonyl (C=O) groups is 1. The third kappa shape index (κ3) is 4.46. The Labute approximate surface area is 224 Å². The highest BCUT2D eigenvalue weighted by Gasteiger charge is 2.52. The van der Waals surface area contributed by atoms with Gasteiger partial charge in [-0.1, -0.05) is 81.4 Å². The summed E-state index contributed by atoms with van der Waals surface area (Å²) in [5, 5.41) is 8.32. The SMILES string of the molecule is COC1[C@@H](N)[C@@H](CO[Si](c2ccccc2)(c2ccccc2)C(C)(C)C)O[C@H]1n1cnc2c1NC(C)NC2=O. The number of rotatable bonds is 7. The van der Waals surface area contributed by atoms with Crippen molar-refractivity contribution in [1.82, 2.24) is 14.9 Å². The average molecular weight is 536 g/mol. The van der Waals surface area contributed by atoms with Crippen molar-refractivity contribution in [2.45, 2.75) is 63.4 Å². The first kappa shape index (κ1) is 26.6. The van der Waals surface area contributed by atoms with Crippen LogP contribution in [0.25, 0.3) is 0 Å². The van der Waals surface area contributed by atoms with Crippen LogP contribution in [0.3, 0.4) is 0 Å². The summed E-state index contributed by atoms with van der Waals surface area (Å²) in [7, 11) is -1.15. The van der Waals surface area contributed by atoms with Crippen LogP contribution < -0.4 is 26.7 Å². The van der Waals surface area contributed by atoms with Crippen LogP contribution in [0.4, 0.5) is 5.82 Å². The number of amides is 1. The summed E-state index contributed by atoms with van der Waals surface area (Å²) in [6.07, 6.45) is -0.0904. The molecule has 10 heteroatoms. The Balaban J connectivity index is 1.47. The van der Waals surface area contributed by atoms with Gasteiger partial charge in [-0.3, -0.25) is 9.36 Å². The molecule has 4 N–H and O–H groups in total. The van der Waals surface area contributed by atoms with Crippen LogP contribution in [0.2, 0.25) is 5.04 Å². The minimum absolute atomic E-state index is 0.171. The number of aromatic nitrogens is 2. The van der Waals surface area contributed by atoms with Crippen molar-refractivity contribution in [3.8, 4) is 0 Å². The topological polar surface area (TPSA) is 113 Å². The Hall–Kier alpha value is -3.02. The average Bonchev–Trinajstić information content (AvgIpc) is 3.45. The molecular weight excluding hydrogens is 498 g/mol. The van der Waals surface area contributed by atoms with Gasteiger partial charge in [-0.25, -0.2) is 4.98 Å². The van der Waals surface area contributed by atoms with Crippen LogP contribution in [-0.4, -0.2) is 61.9 Å². The van der Waals surface area contributed by atoms with E-state index < -0.39 is 32.8 Å². The number of imidazole rings is 1. The molecule has 5 rings (SSSR count). The maximum absolute atomic E-state index is 12.4. The summed E-state index contributed by atoms with van der Waals surface area (Å²) in [5.41, 5.74) is 7.05. The van der Waals surface area contributed by atoms with Gasteiger partial charge in [-0.05, 0) is 22.3 Å². The molecule has 2 aliphatic heterocycles. The summed E-state index contributed by atoms with van der Waals surface area (Å²) < 4.78 is 21.3. The molecule has 2 aromatic carbocycles. The zero-order valence-corrected chi connectivity index (χ0v) is 23.5. The lowest BCUT2D eigenvalue weighted by atomic mass is 10.1. The lowest BCUT2D eigenvalue weighted by Crippen LogP contribution is -2.67. The van der Waals surface area contributed by atoms with E-state index in [4.69, 9.17) is 19.6 Å². The van der Waals surface area contributed by atoms with Crippen molar-refractivity contribution in [2.75, 3.05) is 19.0 Å². The van der Waals surface area contributed by atoms with E-state index in [2.05, 4.69) is 84.9 Å². The highest BCUT2D eigenvalue weighted by molar-refractivity contribution is 6.99. The van der Waals surface area contributed by atoms with Crippen molar-refractivity contribution in [3.63, 3.8) is 0 Å². The third-order valence-electron chi connectivity index (χ3n) is 7.54. The fraction of sp³-hybridized carbons (Fsp3) is 0.429. The number of benzene rings is 2. The Morgan fingerprint density at radius 1 is 1.05 bits per heavy atom. The van der Waals surface area contributed by atoms with Crippen LogP contribution in [0.1, 0.15) is 44.4 Å². The number of nitrogens with two attached hydrogens (primary N) is 1. The maximum Gasteiger partial charge on any atom is 0.275 e. The van der Waals surface area contributed by atoms with E-state index in [-0.39, 0.29) is 17.1 Å². The van der Waals surface area contributed by atoms with Crippen molar-refractivity contribution >= 4 is 30.4 Å². The van der Waals surface area contributed by atoms with Gasteiger partial charge < -0.3 is 30.3 Å². The zero-order chi connectivity index (χ0) is 27.1. The number of carbonyl (C=O) groups excluding carboxylic acids is 1. The number of ether oxygens (including phenoxy) is 2. The van der Waals surface area contributed by atoms with Gasteiger partial charge in [0.2, 0.25) is 0 Å². The van der Waals surface area contributed by atoms with E-state index in [1.165, 1.54) is 10.4 Å². The summed E-state index contributed by atoms with van der Waals surface area (Å²) >= 11 is 0. The smallest absolute Gasteiger partial charge is 0.275 e. The van der Waals surface area contributed by atoms with Gasteiger partial charge in [0.25, 0.3) is 14.2 Å². The van der Waals surface area contributed by atoms with Crippen LogP contribution in [-0.2, 0) is 13.9 Å². The molecule has 0 aliphatic carbocycles. The van der Waals surface area contributed by atoms with E-state index in [0.29, 0.717) is 18.1 Å². The summed E-state index contributed by atoms with van der Waals surface area (Å²) in [6, 6.07) is 20.5. The van der Waals surface area contributed by atoms with Crippen molar-refractivity contribution in [3.05, 3.63) is 72.7 Å². The van der Waals surface area contributed by atoms with Gasteiger partial charge in [0.1, 0.15) is 18.0 Å². The minimum Gasteiger partial charge on any atom is -0.405 e. The second kappa shape index (κ2) is 10.3. The zero-order valence-electron chi connectivity index (χ0n) is 22.5. The molecule has 38 heavy (non-hydrogen) atoms. The molecule has 1 aromatic heterocycles. The van der Waals surface area contributed by atoms with E-state index in [1.807, 2.05) is 19.1 Å². The summed E-state index contributed by atoms with van der Waals surface area (Å²) in [5.74, 6) is 0.363. The Morgan fingerprint density at radius 3 is 2.21 bits per heavy atom. The number of hydrogen-bond acceptors (Lipinski definition) is 7. The molecule has 0 spiro atoms. The molecule has 1 fully saturated rings. The molecule has 5 atom stereocenters. The molecular formula is C28H37N5O4Si. The monoisotopic (exact) mass is 535 g/mol. The number of fused-ring (bicyclic) bond motifs is 1. The number of anilines is 1. The van der Waals surface area contributed by atoms with E-state index >= 15 is 0 Å². The Bertz CT molecular complexity index is 1220. The molecule has 9 nitrogen and oxygen atoms in total. The molecule has 0 radical (unpaired) electrons. The quantitative estimate of drug-likeness (QED) is 0.398. The number of hydrogen-bond donors (Lipinski definition) is 3. The molecule has 0 bridgehead atoms. The second-order valence-corrected chi connectivity index (χ2v) is 15.3. The maximum atomic E-state index is 12.4. The predicted octanol–water partition coefficient (Wildman–Crippen LogP) is 2.20. The lowest BCUT2D eigenvalue weighted by molar-refractivity contribution is -0.0576. The predicted molar refractivity (Wildman–Crippen MR) is 149 cm³/mol. The van der Waals surface area contributed by atoms with Crippen molar-refractivity contribution in [2.24, 2.45) is 5.73 Å². The Morgan fingerprint density at radius 2 is 1.66 bits per heavy atom. The third-order valence-corrected chi connectivity index (χ3v) is 12.5. The van der Waals surface area contributed by atoms with Gasteiger partial charge in [-0.15, -0.1) is 0 Å². The van der Waals surface area contributed by atoms with E-state index in [9.17, 15) is 4.79 Å². The molecule has 2 unspecified atom stereocenters. The first-order valence-corrected chi connectivity index (χ1v) is 14.9. The van der Waals surface area contributed by atoms with Crippen molar-refractivity contribution in [1.29, 1.82) is 0 Å². The van der Waals surface area contributed by atoms with Gasteiger partial charge in [-0.2, -0.15) is 0 Å². The summed E-state index contributed by atoms with van der Waals surface area (Å²) in [4.78, 5) is 16.8. The van der Waals surface area contributed by atoms with Crippen LogP contribution in [0, 0.1) is 0 Å². The first-order chi connectivity index (χ1) is 18.2. The highest BCUT2D eigenvalue weighted by atomic mass is 28.4. The normalized spacial score (nSPS) is 25.5. The highest BCUT2D eigenvalue weighted by Crippen LogP contribution is 2.39. The first-order valence-electron chi connectivity index (χ1n) is 13.0. The molecule has 0 saturated carbocycles. The molecule has 3 heterocycles. The largest absolute Gasteiger partial charge is 0.405 e. The van der Waals surface area contributed by atoms with Crippen molar-refractivity contribution < 1.29 is 18.7 Å². The van der Waals surface area contributed by atoms with Gasteiger partial charge >= 0.3 is 0 Å². The molecule has 202 valence electrons. The number of nitrogens with zero attached hydrogens (tertiary/aromatic N) is 2. The van der Waals surface area contributed by atoms with E-state index in [1.54, 1.807) is 18.0 Å². The molecule has 2 aliphatic rings. The standard InChI is InChI=1S/C28H37N5O4Si/c1-18-31-25-23(26(34)32-18)30-17-33(25)27-24(35-5)22(29)21(37-27)16-36-38(28(2,3)4,19-12-8-6-9-13-19)20-14-10-7-11-15-20/h6-15,17-18,21-22,24,27,31H,16,29H2,1-5H3,(H,32,34)/t18?,21-,22+,24?,27-/m1/s1. The minimum atomic E-state index is -2.77.